The van der Waals surface area contributed by atoms with E-state index in [0.29, 0.717) is 12.3 Å². The Morgan fingerprint density at radius 2 is 1.62 bits per heavy atom. The average molecular weight is 477 g/mol. The first-order valence-corrected chi connectivity index (χ1v) is 13.2. The van der Waals surface area contributed by atoms with Crippen molar-refractivity contribution in [3.05, 3.63) is 89.5 Å². The van der Waals surface area contributed by atoms with Crippen LogP contribution in [0.2, 0.25) is 0 Å². The fourth-order valence-electron chi connectivity index (χ4n) is 4.87. The van der Waals surface area contributed by atoms with Gasteiger partial charge >= 0.3 is 0 Å². The van der Waals surface area contributed by atoms with E-state index in [4.69, 9.17) is 4.74 Å². The number of nitrogens with one attached hydrogen (secondary N) is 1. The van der Waals surface area contributed by atoms with Crippen molar-refractivity contribution in [1.82, 2.24) is 5.32 Å². The first-order valence-electron chi connectivity index (χ1n) is 11.7. The van der Waals surface area contributed by atoms with Gasteiger partial charge in [0.15, 0.2) is 6.61 Å². The van der Waals surface area contributed by atoms with E-state index in [1.54, 1.807) is 12.1 Å². The highest BCUT2D eigenvalue weighted by Crippen LogP contribution is 2.32. The molecule has 0 spiro atoms. The number of fused-ring (bicyclic) bond motifs is 2. The molecule has 0 bridgehead atoms. The van der Waals surface area contributed by atoms with Gasteiger partial charge in [-0.1, -0.05) is 42.5 Å². The van der Waals surface area contributed by atoms with Crippen LogP contribution in [-0.2, 0) is 27.7 Å². The van der Waals surface area contributed by atoms with Gasteiger partial charge in [0.1, 0.15) is 5.75 Å². The summed E-state index contributed by atoms with van der Waals surface area (Å²) in [5, 5.41) is 3.07. The maximum Gasteiger partial charge on any atom is 0.264 e. The number of amides is 1. The number of ether oxygens (including phenoxy) is 1. The lowest BCUT2D eigenvalue weighted by Gasteiger charge is -2.30. The molecule has 1 atom stereocenters. The lowest BCUT2D eigenvalue weighted by atomic mass is 9.88. The third-order valence-corrected chi connectivity index (χ3v) is 8.38. The lowest BCUT2D eigenvalue weighted by Crippen LogP contribution is -2.35. The third-order valence-electron chi connectivity index (χ3n) is 6.55. The number of carbonyl (C=O) groups is 1. The van der Waals surface area contributed by atoms with Gasteiger partial charge < -0.3 is 10.1 Å². The zero-order chi connectivity index (χ0) is 23.5. The van der Waals surface area contributed by atoms with E-state index < -0.39 is 10.0 Å². The molecule has 34 heavy (non-hydrogen) atoms. The van der Waals surface area contributed by atoms with Crippen LogP contribution in [-0.4, -0.2) is 27.5 Å². The second-order valence-corrected chi connectivity index (χ2v) is 10.6. The Balaban J connectivity index is 1.22. The van der Waals surface area contributed by atoms with Crippen molar-refractivity contribution < 1.29 is 17.9 Å². The van der Waals surface area contributed by atoms with E-state index in [1.807, 2.05) is 36.4 Å². The number of aryl methyl sites for hydroxylation is 2. The monoisotopic (exact) mass is 476 g/mol. The zero-order valence-corrected chi connectivity index (χ0v) is 19.8. The number of hydrogen-bond acceptors (Lipinski definition) is 4. The van der Waals surface area contributed by atoms with Gasteiger partial charge in [0.05, 0.1) is 16.6 Å². The molecule has 1 amide bonds. The van der Waals surface area contributed by atoms with E-state index in [9.17, 15) is 13.2 Å². The first kappa shape index (κ1) is 22.5. The Morgan fingerprint density at radius 3 is 2.44 bits per heavy atom. The lowest BCUT2D eigenvalue weighted by molar-refractivity contribution is -0.124. The van der Waals surface area contributed by atoms with Crippen molar-refractivity contribution in [1.29, 1.82) is 0 Å². The van der Waals surface area contributed by atoms with Crippen LogP contribution < -0.4 is 14.4 Å². The second-order valence-electron chi connectivity index (χ2n) is 8.78. The molecular formula is C27H28N2O4S. The van der Waals surface area contributed by atoms with E-state index in [1.165, 1.54) is 27.6 Å². The van der Waals surface area contributed by atoms with Crippen molar-refractivity contribution in [3.8, 4) is 5.75 Å². The molecule has 3 aromatic rings. The van der Waals surface area contributed by atoms with Crippen LogP contribution in [0.5, 0.6) is 5.75 Å². The molecule has 5 rings (SSSR count). The average Bonchev–Trinajstić information content (AvgIpc) is 2.87. The molecule has 0 fully saturated rings. The fraction of sp³-hybridized carbons (Fsp3) is 0.296. The van der Waals surface area contributed by atoms with Crippen molar-refractivity contribution >= 4 is 21.6 Å². The predicted octanol–water partition coefficient (Wildman–Crippen LogP) is 4.40. The van der Waals surface area contributed by atoms with Gasteiger partial charge in [0.25, 0.3) is 15.9 Å². The second kappa shape index (κ2) is 9.50. The Labute approximate surface area is 200 Å². The molecule has 2 aliphatic rings. The molecule has 3 aromatic carbocycles. The summed E-state index contributed by atoms with van der Waals surface area (Å²) >= 11 is 0. The molecule has 1 aliphatic heterocycles. The van der Waals surface area contributed by atoms with Crippen LogP contribution >= 0.6 is 0 Å². The summed E-state index contributed by atoms with van der Waals surface area (Å²) in [5.41, 5.74) is 4.25. The smallest absolute Gasteiger partial charge is 0.264 e. The maximum atomic E-state index is 13.3. The molecule has 6 nitrogen and oxygen atoms in total. The van der Waals surface area contributed by atoms with E-state index >= 15 is 0 Å². The van der Waals surface area contributed by atoms with Crippen molar-refractivity contribution in [2.75, 3.05) is 17.5 Å². The van der Waals surface area contributed by atoms with Crippen molar-refractivity contribution in [3.63, 3.8) is 0 Å². The Bertz CT molecular complexity index is 1290. The van der Waals surface area contributed by atoms with Gasteiger partial charge in [0, 0.05) is 6.54 Å². The highest BCUT2D eigenvalue weighted by atomic mass is 32.2. The molecular weight excluding hydrogens is 448 g/mol. The van der Waals surface area contributed by atoms with Gasteiger partial charge in [-0.05, 0) is 79.1 Å². The molecule has 1 aliphatic carbocycles. The summed E-state index contributed by atoms with van der Waals surface area (Å²) < 4.78 is 33.7. The quantitative estimate of drug-likeness (QED) is 0.572. The molecule has 176 valence electrons. The molecule has 0 aromatic heterocycles. The molecule has 7 heteroatoms. The molecule has 1 heterocycles. The summed E-state index contributed by atoms with van der Waals surface area (Å²) in [6, 6.07) is 22.1. The molecule has 0 saturated carbocycles. The van der Waals surface area contributed by atoms with Gasteiger partial charge in [0.2, 0.25) is 0 Å². The summed E-state index contributed by atoms with van der Waals surface area (Å²) in [4.78, 5) is 12.7. The molecule has 0 radical (unpaired) electrons. The normalized spacial score (nSPS) is 17.4. The van der Waals surface area contributed by atoms with E-state index in [2.05, 4.69) is 17.4 Å². The molecule has 0 saturated heterocycles. The number of sulfonamides is 1. The Kier molecular flexibility index (Phi) is 6.28. The summed E-state index contributed by atoms with van der Waals surface area (Å²) in [6.45, 7) is 0.340. The first-order chi connectivity index (χ1) is 16.5. The van der Waals surface area contributed by atoms with Crippen LogP contribution in [0, 0.1) is 0 Å². The van der Waals surface area contributed by atoms with E-state index in [0.717, 1.165) is 43.4 Å². The van der Waals surface area contributed by atoms with Crippen LogP contribution in [0.15, 0.2) is 77.7 Å². The molecule has 1 N–H and O–H groups in total. The number of rotatable bonds is 6. The van der Waals surface area contributed by atoms with Crippen molar-refractivity contribution in [2.24, 2.45) is 0 Å². The maximum absolute atomic E-state index is 13.3. The van der Waals surface area contributed by atoms with Crippen LogP contribution in [0.3, 0.4) is 0 Å². The molecule has 0 unspecified atom stereocenters. The van der Waals surface area contributed by atoms with Crippen LogP contribution in [0.4, 0.5) is 5.69 Å². The minimum atomic E-state index is -3.67. The largest absolute Gasteiger partial charge is 0.484 e. The fourth-order valence-corrected chi connectivity index (χ4v) is 6.41. The van der Waals surface area contributed by atoms with Crippen molar-refractivity contribution in [2.45, 2.75) is 43.0 Å². The minimum Gasteiger partial charge on any atom is -0.484 e. The Morgan fingerprint density at radius 1 is 0.912 bits per heavy atom. The summed E-state index contributed by atoms with van der Waals surface area (Å²) in [5.74, 6) is 0.264. The van der Waals surface area contributed by atoms with Gasteiger partial charge in [-0.3, -0.25) is 9.10 Å². The summed E-state index contributed by atoms with van der Waals surface area (Å²) in [6.07, 6.45) is 4.66. The standard InChI is InChI=1S/C27H28N2O4S/c30-27(28-25-12-5-9-20-7-1-3-11-24(20)25)19-33-22-14-16-23(17-15-22)34(31,32)29-18-6-10-21-8-2-4-13-26(21)29/h1-4,7-8,11,13-17,25H,5-6,9-10,12,18-19H2,(H,28,30)/t25-/m1/s1. The number of nitrogens with zero attached hydrogens (tertiary/aromatic N) is 1. The number of para-hydroxylation sites is 1. The zero-order valence-electron chi connectivity index (χ0n) is 18.9. The third kappa shape index (κ3) is 4.53. The number of anilines is 1. The highest BCUT2D eigenvalue weighted by Gasteiger charge is 2.29. The SMILES string of the molecule is O=C(COc1ccc(S(=O)(=O)N2CCCc3ccccc32)cc1)N[C@@H]1CCCc2ccccc21. The van der Waals surface area contributed by atoms with Gasteiger partial charge in [-0.15, -0.1) is 0 Å². The van der Waals surface area contributed by atoms with Crippen LogP contribution in [0.1, 0.15) is 42.0 Å². The summed E-state index contributed by atoms with van der Waals surface area (Å²) in [7, 11) is -3.67. The van der Waals surface area contributed by atoms with Gasteiger partial charge in [-0.2, -0.15) is 0 Å². The van der Waals surface area contributed by atoms with E-state index in [-0.39, 0.29) is 23.5 Å². The number of hydrogen-bond donors (Lipinski definition) is 1. The van der Waals surface area contributed by atoms with Crippen LogP contribution in [0.25, 0.3) is 0 Å². The minimum absolute atomic E-state index is 0.000916. The Hall–Kier alpha value is -3.32. The van der Waals surface area contributed by atoms with Gasteiger partial charge in [-0.25, -0.2) is 8.42 Å². The number of carbonyl (C=O) groups excluding carboxylic acids is 1. The topological polar surface area (TPSA) is 75.7 Å². The highest BCUT2D eigenvalue weighted by molar-refractivity contribution is 7.92. The predicted molar refractivity (Wildman–Crippen MR) is 131 cm³/mol. The number of benzene rings is 3.